The molecule has 0 amide bonds. The minimum Gasteiger partial charge on any atom is -0.507 e. The van der Waals surface area contributed by atoms with Crippen molar-refractivity contribution >= 4 is 10.8 Å². The van der Waals surface area contributed by atoms with Gasteiger partial charge in [-0.25, -0.2) is 0 Å². The van der Waals surface area contributed by atoms with Gasteiger partial charge in [0.1, 0.15) is 17.2 Å². The Morgan fingerprint density at radius 2 is 1.80 bits per heavy atom. The maximum Gasteiger partial charge on any atom is 0.130 e. The van der Waals surface area contributed by atoms with Crippen LogP contribution in [-0.2, 0) is 0 Å². The second kappa shape index (κ2) is 3.35. The lowest BCUT2D eigenvalue weighted by atomic mass is 10.0. The number of hydrogen-bond donors (Lipinski definition) is 2. The molecule has 3 heteroatoms. The molecule has 2 rings (SSSR count). The highest BCUT2D eigenvalue weighted by molar-refractivity contribution is 5.98. The molecule has 0 fully saturated rings. The zero-order valence-electron chi connectivity index (χ0n) is 8.61. The largest absolute Gasteiger partial charge is 0.507 e. The molecule has 0 aromatic heterocycles. The SMILES string of the molecule is COc1ccc(O)c2cc(C)cc(O)c12. The molecular weight excluding hydrogens is 192 g/mol. The van der Waals surface area contributed by atoms with Crippen molar-refractivity contribution in [1.82, 2.24) is 0 Å². The fourth-order valence-corrected chi connectivity index (χ4v) is 1.73. The summed E-state index contributed by atoms with van der Waals surface area (Å²) < 4.78 is 5.13. The van der Waals surface area contributed by atoms with Crippen LogP contribution in [0.2, 0.25) is 0 Å². The van der Waals surface area contributed by atoms with E-state index in [0.29, 0.717) is 16.5 Å². The van der Waals surface area contributed by atoms with E-state index < -0.39 is 0 Å². The Morgan fingerprint density at radius 3 is 2.47 bits per heavy atom. The van der Waals surface area contributed by atoms with Gasteiger partial charge in [0, 0.05) is 5.39 Å². The molecule has 0 aliphatic rings. The van der Waals surface area contributed by atoms with Gasteiger partial charge in [-0.15, -0.1) is 0 Å². The summed E-state index contributed by atoms with van der Waals surface area (Å²) in [4.78, 5) is 0. The highest BCUT2D eigenvalue weighted by Crippen LogP contribution is 2.38. The Balaban J connectivity index is 2.93. The van der Waals surface area contributed by atoms with Crippen molar-refractivity contribution in [2.75, 3.05) is 7.11 Å². The first-order valence-electron chi connectivity index (χ1n) is 4.62. The lowest BCUT2D eigenvalue weighted by Crippen LogP contribution is -1.86. The monoisotopic (exact) mass is 204 g/mol. The van der Waals surface area contributed by atoms with E-state index in [1.807, 2.05) is 13.0 Å². The van der Waals surface area contributed by atoms with Crippen molar-refractivity contribution in [2.24, 2.45) is 0 Å². The average molecular weight is 204 g/mol. The Labute approximate surface area is 87.5 Å². The first-order chi connectivity index (χ1) is 7.13. The Bertz CT molecular complexity index is 518. The number of phenols is 2. The number of aryl methyl sites for hydroxylation is 1. The maximum atomic E-state index is 9.80. The predicted octanol–water partition coefficient (Wildman–Crippen LogP) is 2.57. The molecule has 0 aliphatic heterocycles. The number of phenolic OH excluding ortho intramolecular Hbond substituents is 2. The third-order valence-electron chi connectivity index (χ3n) is 2.40. The quantitative estimate of drug-likeness (QED) is 0.750. The maximum absolute atomic E-state index is 9.80. The summed E-state index contributed by atoms with van der Waals surface area (Å²) in [6.45, 7) is 1.86. The summed E-state index contributed by atoms with van der Waals surface area (Å²) in [5, 5.41) is 20.6. The smallest absolute Gasteiger partial charge is 0.130 e. The van der Waals surface area contributed by atoms with Gasteiger partial charge >= 0.3 is 0 Å². The summed E-state index contributed by atoms with van der Waals surface area (Å²) >= 11 is 0. The van der Waals surface area contributed by atoms with E-state index in [1.165, 1.54) is 7.11 Å². The van der Waals surface area contributed by atoms with Gasteiger partial charge in [0.2, 0.25) is 0 Å². The molecule has 0 unspecified atom stereocenters. The molecule has 2 N–H and O–H groups in total. The van der Waals surface area contributed by atoms with Crippen LogP contribution >= 0.6 is 0 Å². The highest BCUT2D eigenvalue weighted by Gasteiger charge is 2.10. The standard InChI is InChI=1S/C12H12O3/c1-7-5-8-9(13)3-4-11(15-2)12(8)10(14)6-7/h3-6,13-14H,1-2H3. The van der Waals surface area contributed by atoms with E-state index in [2.05, 4.69) is 0 Å². The Hall–Kier alpha value is -1.90. The predicted molar refractivity (Wildman–Crippen MR) is 58.6 cm³/mol. The molecule has 2 aromatic carbocycles. The zero-order chi connectivity index (χ0) is 11.0. The van der Waals surface area contributed by atoms with E-state index in [4.69, 9.17) is 4.74 Å². The summed E-state index contributed by atoms with van der Waals surface area (Å²) in [7, 11) is 1.53. The highest BCUT2D eigenvalue weighted by atomic mass is 16.5. The van der Waals surface area contributed by atoms with E-state index in [-0.39, 0.29) is 11.5 Å². The van der Waals surface area contributed by atoms with E-state index in [9.17, 15) is 10.2 Å². The minimum atomic E-state index is 0.123. The van der Waals surface area contributed by atoms with Crippen molar-refractivity contribution in [2.45, 2.75) is 6.92 Å². The first-order valence-corrected chi connectivity index (χ1v) is 4.62. The van der Waals surface area contributed by atoms with Gasteiger partial charge in [0.15, 0.2) is 0 Å². The van der Waals surface area contributed by atoms with Crippen molar-refractivity contribution in [1.29, 1.82) is 0 Å². The van der Waals surface area contributed by atoms with Crippen molar-refractivity contribution < 1.29 is 14.9 Å². The molecule has 78 valence electrons. The number of hydrogen-bond acceptors (Lipinski definition) is 3. The topological polar surface area (TPSA) is 49.7 Å². The van der Waals surface area contributed by atoms with Crippen LogP contribution in [0.15, 0.2) is 24.3 Å². The number of ether oxygens (including phenoxy) is 1. The van der Waals surface area contributed by atoms with E-state index >= 15 is 0 Å². The number of rotatable bonds is 1. The Kier molecular flexibility index (Phi) is 2.15. The van der Waals surface area contributed by atoms with E-state index in [0.717, 1.165) is 5.56 Å². The third kappa shape index (κ3) is 1.46. The molecule has 15 heavy (non-hydrogen) atoms. The lowest BCUT2D eigenvalue weighted by Gasteiger charge is -2.09. The van der Waals surface area contributed by atoms with Crippen LogP contribution < -0.4 is 4.74 Å². The second-order valence-corrected chi connectivity index (χ2v) is 3.49. The van der Waals surface area contributed by atoms with Crippen molar-refractivity contribution in [3.05, 3.63) is 29.8 Å². The van der Waals surface area contributed by atoms with Crippen LogP contribution in [0, 0.1) is 6.92 Å². The molecule has 0 saturated heterocycles. The van der Waals surface area contributed by atoms with Crippen LogP contribution in [0.5, 0.6) is 17.2 Å². The van der Waals surface area contributed by atoms with E-state index in [1.54, 1.807) is 18.2 Å². The van der Waals surface area contributed by atoms with Crippen LogP contribution in [0.1, 0.15) is 5.56 Å². The van der Waals surface area contributed by atoms with Crippen LogP contribution in [0.3, 0.4) is 0 Å². The Morgan fingerprint density at radius 1 is 1.07 bits per heavy atom. The van der Waals surface area contributed by atoms with Crippen LogP contribution in [0.25, 0.3) is 10.8 Å². The minimum absolute atomic E-state index is 0.123. The molecular formula is C12H12O3. The van der Waals surface area contributed by atoms with Gasteiger partial charge in [-0.3, -0.25) is 0 Å². The van der Waals surface area contributed by atoms with Gasteiger partial charge in [-0.1, -0.05) is 0 Å². The lowest BCUT2D eigenvalue weighted by molar-refractivity contribution is 0.414. The molecule has 0 bridgehead atoms. The molecule has 0 radical (unpaired) electrons. The van der Waals surface area contributed by atoms with Gasteiger partial charge in [0.05, 0.1) is 12.5 Å². The number of aromatic hydroxyl groups is 2. The first kappa shape index (κ1) is 9.65. The molecule has 0 aliphatic carbocycles. The summed E-state index contributed by atoms with van der Waals surface area (Å²) in [5.74, 6) is 0.822. The fourth-order valence-electron chi connectivity index (χ4n) is 1.73. The van der Waals surface area contributed by atoms with Gasteiger partial charge < -0.3 is 14.9 Å². The van der Waals surface area contributed by atoms with Gasteiger partial charge in [-0.05, 0) is 36.8 Å². The van der Waals surface area contributed by atoms with Crippen LogP contribution in [-0.4, -0.2) is 17.3 Å². The number of fused-ring (bicyclic) bond motifs is 1. The van der Waals surface area contributed by atoms with Crippen molar-refractivity contribution in [3.8, 4) is 17.2 Å². The molecule has 0 atom stereocenters. The van der Waals surface area contributed by atoms with Gasteiger partial charge in [-0.2, -0.15) is 0 Å². The van der Waals surface area contributed by atoms with Crippen molar-refractivity contribution in [3.63, 3.8) is 0 Å². The molecule has 0 heterocycles. The average Bonchev–Trinajstić information content (AvgIpc) is 2.19. The number of benzene rings is 2. The number of methoxy groups -OCH3 is 1. The zero-order valence-corrected chi connectivity index (χ0v) is 8.61. The molecule has 0 saturated carbocycles. The molecule has 2 aromatic rings. The fraction of sp³-hybridized carbons (Fsp3) is 0.167. The molecule has 3 nitrogen and oxygen atoms in total. The second-order valence-electron chi connectivity index (χ2n) is 3.49. The van der Waals surface area contributed by atoms with Crippen LogP contribution in [0.4, 0.5) is 0 Å². The van der Waals surface area contributed by atoms with Gasteiger partial charge in [0.25, 0.3) is 0 Å². The summed E-state index contributed by atoms with van der Waals surface area (Å²) in [5.41, 5.74) is 0.892. The third-order valence-corrected chi connectivity index (χ3v) is 2.40. The summed E-state index contributed by atoms with van der Waals surface area (Å²) in [6, 6.07) is 6.64. The normalized spacial score (nSPS) is 10.5. The molecule has 0 spiro atoms. The summed E-state index contributed by atoms with van der Waals surface area (Å²) in [6.07, 6.45) is 0.